The monoisotopic (exact) mass is 244 g/mol. The number of allylic oxidation sites excluding steroid dienone is 1. The molecule has 0 unspecified atom stereocenters. The molecule has 0 saturated heterocycles. The minimum Gasteiger partial charge on any atom is -0.497 e. The Labute approximate surface area is 111 Å². The molecule has 0 aliphatic heterocycles. The molecular weight excluding hydrogens is 220 g/mol. The van der Waals surface area contributed by atoms with Crippen molar-refractivity contribution in [3.63, 3.8) is 0 Å². The lowest BCUT2D eigenvalue weighted by Crippen LogP contribution is -2.22. The molecule has 0 heterocycles. The molecule has 18 heavy (non-hydrogen) atoms. The van der Waals surface area contributed by atoms with Crippen LogP contribution in [0.3, 0.4) is 0 Å². The van der Waals surface area contributed by atoms with Gasteiger partial charge in [0.2, 0.25) is 0 Å². The van der Waals surface area contributed by atoms with E-state index in [0.717, 1.165) is 11.7 Å². The van der Waals surface area contributed by atoms with Crippen LogP contribution in [0.15, 0.2) is 36.4 Å². The van der Waals surface area contributed by atoms with E-state index in [9.17, 15) is 0 Å². The summed E-state index contributed by atoms with van der Waals surface area (Å²) in [6.07, 6.45) is 3.90. The van der Waals surface area contributed by atoms with Crippen LogP contribution in [0.25, 0.3) is 0 Å². The molecule has 0 amide bonds. The van der Waals surface area contributed by atoms with Gasteiger partial charge in [0.25, 0.3) is 0 Å². The third kappa shape index (κ3) is 2.77. The second-order valence-electron chi connectivity index (χ2n) is 5.75. The highest BCUT2D eigenvalue weighted by atomic mass is 16.5. The van der Waals surface area contributed by atoms with Gasteiger partial charge in [-0.2, -0.15) is 0 Å². The van der Waals surface area contributed by atoms with Crippen LogP contribution in [0, 0.1) is 11.8 Å². The van der Waals surface area contributed by atoms with Gasteiger partial charge in [0, 0.05) is 0 Å². The molecule has 1 aliphatic carbocycles. The maximum absolute atomic E-state index is 5.23. The van der Waals surface area contributed by atoms with E-state index in [-0.39, 0.29) is 0 Å². The molecule has 98 valence electrons. The first kappa shape index (κ1) is 13.2. The Balaban J connectivity index is 2.23. The number of ether oxygens (including phenoxy) is 1. The zero-order chi connectivity index (χ0) is 13.1. The predicted molar refractivity (Wildman–Crippen MR) is 77.1 cm³/mol. The first-order valence-corrected chi connectivity index (χ1v) is 6.91. The van der Waals surface area contributed by atoms with Crippen molar-refractivity contribution < 1.29 is 4.74 Å². The molecular formula is C17H24O. The van der Waals surface area contributed by atoms with Crippen molar-refractivity contribution in [1.29, 1.82) is 0 Å². The van der Waals surface area contributed by atoms with Crippen LogP contribution in [-0.2, 0) is 0 Å². The molecule has 0 spiro atoms. The van der Waals surface area contributed by atoms with Gasteiger partial charge in [-0.15, -0.1) is 0 Å². The number of hydrogen-bond acceptors (Lipinski definition) is 1. The molecule has 3 atom stereocenters. The Bertz CT molecular complexity index is 404. The van der Waals surface area contributed by atoms with Crippen molar-refractivity contribution in [3.8, 4) is 5.75 Å². The van der Waals surface area contributed by atoms with Crippen molar-refractivity contribution in [1.82, 2.24) is 0 Å². The molecule has 1 saturated carbocycles. The molecule has 1 heteroatoms. The third-order valence-electron chi connectivity index (χ3n) is 4.29. The van der Waals surface area contributed by atoms with Crippen molar-refractivity contribution in [3.05, 3.63) is 42.0 Å². The fourth-order valence-corrected chi connectivity index (χ4v) is 3.19. The van der Waals surface area contributed by atoms with E-state index >= 15 is 0 Å². The van der Waals surface area contributed by atoms with Crippen LogP contribution in [0.4, 0.5) is 0 Å². The van der Waals surface area contributed by atoms with E-state index in [1.54, 1.807) is 7.11 Å². The second kappa shape index (κ2) is 5.60. The summed E-state index contributed by atoms with van der Waals surface area (Å²) in [6, 6.07) is 8.59. The zero-order valence-corrected chi connectivity index (χ0v) is 11.8. The molecule has 0 radical (unpaired) electrons. The third-order valence-corrected chi connectivity index (χ3v) is 4.29. The molecule has 1 aromatic carbocycles. The number of hydrogen-bond donors (Lipinski definition) is 0. The minimum atomic E-state index is 0.636. The van der Waals surface area contributed by atoms with Crippen LogP contribution in [-0.4, -0.2) is 7.11 Å². The Morgan fingerprint density at radius 3 is 2.44 bits per heavy atom. The molecule has 0 aromatic heterocycles. The van der Waals surface area contributed by atoms with Gasteiger partial charge in [-0.1, -0.05) is 37.6 Å². The summed E-state index contributed by atoms with van der Waals surface area (Å²) in [5.41, 5.74) is 2.78. The van der Waals surface area contributed by atoms with E-state index in [1.807, 2.05) is 0 Å². The summed E-state index contributed by atoms with van der Waals surface area (Å²) in [7, 11) is 1.72. The van der Waals surface area contributed by atoms with Crippen molar-refractivity contribution in [2.24, 2.45) is 11.8 Å². The maximum atomic E-state index is 5.23. The molecule has 2 rings (SSSR count). The second-order valence-corrected chi connectivity index (χ2v) is 5.75. The minimum absolute atomic E-state index is 0.636. The molecule has 1 nitrogen and oxygen atoms in total. The fraction of sp³-hybridized carbons (Fsp3) is 0.529. The largest absolute Gasteiger partial charge is 0.497 e. The highest BCUT2D eigenvalue weighted by molar-refractivity contribution is 5.31. The topological polar surface area (TPSA) is 9.23 Å². The summed E-state index contributed by atoms with van der Waals surface area (Å²) in [5, 5.41) is 0. The van der Waals surface area contributed by atoms with E-state index in [1.165, 1.54) is 30.4 Å². The van der Waals surface area contributed by atoms with Gasteiger partial charge in [0.05, 0.1) is 7.11 Å². The van der Waals surface area contributed by atoms with E-state index < -0.39 is 0 Å². The average molecular weight is 244 g/mol. The maximum Gasteiger partial charge on any atom is 0.118 e. The van der Waals surface area contributed by atoms with Crippen molar-refractivity contribution in [2.45, 2.75) is 39.0 Å². The zero-order valence-electron chi connectivity index (χ0n) is 11.8. The van der Waals surface area contributed by atoms with Crippen LogP contribution >= 0.6 is 0 Å². The summed E-state index contributed by atoms with van der Waals surface area (Å²) in [6.45, 7) is 8.73. The van der Waals surface area contributed by atoms with Gasteiger partial charge >= 0.3 is 0 Å². The van der Waals surface area contributed by atoms with Crippen molar-refractivity contribution in [2.75, 3.05) is 7.11 Å². The number of methoxy groups -OCH3 is 1. The SMILES string of the molecule is C=C(C)[C@H]1CC[C@H](C)C[C@@H]1c1ccc(OC)cc1. The summed E-state index contributed by atoms with van der Waals surface area (Å²) in [4.78, 5) is 0. The van der Waals surface area contributed by atoms with Gasteiger partial charge in [-0.3, -0.25) is 0 Å². The molecule has 0 bridgehead atoms. The molecule has 1 aliphatic rings. The number of rotatable bonds is 3. The van der Waals surface area contributed by atoms with Gasteiger partial charge in [-0.05, 0) is 55.2 Å². The van der Waals surface area contributed by atoms with Crippen LogP contribution in [0.5, 0.6) is 5.75 Å². The molecule has 1 fully saturated rings. The standard InChI is InChI=1S/C17H24O/c1-12(2)16-10-5-13(3)11-17(16)14-6-8-15(18-4)9-7-14/h6-9,13,16-17H,1,5,10-11H2,2-4H3/t13-,16+,17+/m0/s1. The van der Waals surface area contributed by atoms with Crippen LogP contribution in [0.1, 0.15) is 44.6 Å². The van der Waals surface area contributed by atoms with Gasteiger partial charge in [0.1, 0.15) is 5.75 Å². The van der Waals surface area contributed by atoms with E-state index in [4.69, 9.17) is 4.74 Å². The fourth-order valence-electron chi connectivity index (χ4n) is 3.19. The van der Waals surface area contributed by atoms with Crippen molar-refractivity contribution >= 4 is 0 Å². The Hall–Kier alpha value is -1.24. The highest BCUT2D eigenvalue weighted by Gasteiger charge is 2.30. The normalized spacial score (nSPS) is 27.8. The van der Waals surface area contributed by atoms with E-state index in [0.29, 0.717) is 11.8 Å². The first-order valence-electron chi connectivity index (χ1n) is 6.91. The van der Waals surface area contributed by atoms with E-state index in [2.05, 4.69) is 44.7 Å². The lowest BCUT2D eigenvalue weighted by molar-refractivity contribution is 0.277. The quantitative estimate of drug-likeness (QED) is 0.694. The van der Waals surface area contributed by atoms with Gasteiger partial charge < -0.3 is 4.74 Å². The first-order chi connectivity index (χ1) is 8.61. The predicted octanol–water partition coefficient (Wildman–Crippen LogP) is 4.79. The van der Waals surface area contributed by atoms with Crippen LogP contribution < -0.4 is 4.74 Å². The Kier molecular flexibility index (Phi) is 4.11. The summed E-state index contributed by atoms with van der Waals surface area (Å²) < 4.78 is 5.23. The highest BCUT2D eigenvalue weighted by Crippen LogP contribution is 2.43. The molecule has 1 aromatic rings. The lowest BCUT2D eigenvalue weighted by atomic mass is 9.69. The molecule has 0 N–H and O–H groups in total. The Morgan fingerprint density at radius 1 is 1.22 bits per heavy atom. The van der Waals surface area contributed by atoms with Gasteiger partial charge in [-0.25, -0.2) is 0 Å². The lowest BCUT2D eigenvalue weighted by Gasteiger charge is -2.35. The summed E-state index contributed by atoms with van der Waals surface area (Å²) >= 11 is 0. The summed E-state index contributed by atoms with van der Waals surface area (Å²) in [5.74, 6) is 3.05. The smallest absolute Gasteiger partial charge is 0.118 e. The van der Waals surface area contributed by atoms with Gasteiger partial charge in [0.15, 0.2) is 0 Å². The average Bonchev–Trinajstić information content (AvgIpc) is 2.38. The Morgan fingerprint density at radius 2 is 1.89 bits per heavy atom. The van der Waals surface area contributed by atoms with Crippen LogP contribution in [0.2, 0.25) is 0 Å². The number of benzene rings is 1.